The van der Waals surface area contributed by atoms with Gasteiger partial charge in [-0.2, -0.15) is 13.1 Å². The molecule has 0 aliphatic carbocycles. The lowest BCUT2D eigenvalue weighted by Gasteiger charge is -2.32. The van der Waals surface area contributed by atoms with Gasteiger partial charge < -0.3 is 14.8 Å². The zero-order valence-corrected chi connectivity index (χ0v) is 17.8. The maximum absolute atomic E-state index is 13.0. The van der Waals surface area contributed by atoms with E-state index in [1.165, 1.54) is 36.4 Å². The van der Waals surface area contributed by atoms with Crippen molar-refractivity contribution in [2.24, 2.45) is 0 Å². The third-order valence-electron chi connectivity index (χ3n) is 4.78. The van der Waals surface area contributed by atoms with Crippen LogP contribution in [-0.4, -0.2) is 50.4 Å². The normalized spacial score (nSPS) is 17.0. The van der Waals surface area contributed by atoms with Gasteiger partial charge in [-0.3, -0.25) is 9.59 Å². The summed E-state index contributed by atoms with van der Waals surface area (Å²) < 4.78 is 60.7. The van der Waals surface area contributed by atoms with Crippen LogP contribution >= 0.6 is 0 Å². The number of anilines is 1. The Hall–Kier alpha value is -3.05. The molecule has 32 heavy (non-hydrogen) atoms. The Balaban J connectivity index is 1.58. The lowest BCUT2D eigenvalue weighted by atomic mass is 10.1. The predicted octanol–water partition coefficient (Wildman–Crippen LogP) is 3.01. The number of carbonyl (C=O) groups excluding carboxylic acids is 2. The van der Waals surface area contributed by atoms with Crippen molar-refractivity contribution in [3.63, 3.8) is 0 Å². The zero-order chi connectivity index (χ0) is 23.1. The van der Waals surface area contributed by atoms with E-state index in [0.29, 0.717) is 18.5 Å². The summed E-state index contributed by atoms with van der Waals surface area (Å²) in [5.41, 5.74) is 0.290. The second-order valence-electron chi connectivity index (χ2n) is 7.00. The van der Waals surface area contributed by atoms with E-state index in [9.17, 15) is 26.8 Å². The van der Waals surface area contributed by atoms with Crippen molar-refractivity contribution in [3.05, 3.63) is 54.6 Å². The molecular weight excluding hydrogens is 446 g/mol. The number of rotatable bonds is 8. The van der Waals surface area contributed by atoms with Crippen molar-refractivity contribution in [2.75, 3.05) is 18.5 Å². The summed E-state index contributed by atoms with van der Waals surface area (Å²) in [5.74, 6) is -1.53. The van der Waals surface area contributed by atoms with E-state index in [4.69, 9.17) is 4.74 Å². The summed E-state index contributed by atoms with van der Waals surface area (Å²) in [4.78, 5) is 24.8. The summed E-state index contributed by atoms with van der Waals surface area (Å²) >= 11 is 0. The summed E-state index contributed by atoms with van der Waals surface area (Å²) in [6.07, 6.45) is 1.56. The number of hydrogen-bond donors (Lipinski definition) is 1. The fourth-order valence-electron chi connectivity index (χ4n) is 3.31. The van der Waals surface area contributed by atoms with Crippen LogP contribution in [0.4, 0.5) is 14.5 Å². The molecule has 0 saturated carbocycles. The van der Waals surface area contributed by atoms with Gasteiger partial charge in [-0.25, -0.2) is 8.42 Å². The molecule has 1 saturated heterocycles. The van der Waals surface area contributed by atoms with Gasteiger partial charge >= 0.3 is 12.6 Å². The molecule has 11 heteroatoms. The van der Waals surface area contributed by atoms with Crippen LogP contribution in [0.25, 0.3) is 0 Å². The topological polar surface area (TPSA) is 102 Å². The number of piperidine rings is 1. The Morgan fingerprint density at radius 3 is 2.41 bits per heavy atom. The van der Waals surface area contributed by atoms with Crippen molar-refractivity contribution in [3.8, 4) is 5.75 Å². The maximum Gasteiger partial charge on any atom is 0.387 e. The third kappa shape index (κ3) is 6.01. The molecule has 3 rings (SSSR count). The minimum absolute atomic E-state index is 0.0681. The SMILES string of the molecule is O=C(COC(=O)[C@@H]1CCCCN1S(=O)(=O)c1ccccc1)Nc1ccc(OC(F)F)cc1. The molecule has 1 amide bonds. The second kappa shape index (κ2) is 10.5. The number of halogens is 2. The van der Waals surface area contributed by atoms with Crippen LogP contribution < -0.4 is 10.1 Å². The van der Waals surface area contributed by atoms with Gasteiger partial charge in [0.05, 0.1) is 4.90 Å². The molecule has 8 nitrogen and oxygen atoms in total. The summed E-state index contributed by atoms with van der Waals surface area (Å²) in [5, 5.41) is 2.46. The van der Waals surface area contributed by atoms with Crippen LogP contribution in [0.1, 0.15) is 19.3 Å². The molecule has 0 radical (unpaired) electrons. The van der Waals surface area contributed by atoms with E-state index < -0.39 is 41.2 Å². The number of esters is 1. The van der Waals surface area contributed by atoms with Crippen LogP contribution in [0.2, 0.25) is 0 Å². The first-order valence-corrected chi connectivity index (χ1v) is 11.3. The molecule has 1 aliphatic heterocycles. The highest BCUT2D eigenvalue weighted by Gasteiger charge is 2.38. The number of alkyl halides is 2. The molecule has 1 atom stereocenters. The van der Waals surface area contributed by atoms with Gasteiger partial charge in [0.25, 0.3) is 5.91 Å². The zero-order valence-electron chi connectivity index (χ0n) is 16.9. The van der Waals surface area contributed by atoms with Crippen molar-refractivity contribution in [2.45, 2.75) is 36.8 Å². The average molecular weight is 468 g/mol. The minimum Gasteiger partial charge on any atom is -0.454 e. The van der Waals surface area contributed by atoms with E-state index >= 15 is 0 Å². The largest absolute Gasteiger partial charge is 0.454 e. The summed E-state index contributed by atoms with van der Waals surface area (Å²) in [6.45, 7) is -3.40. The van der Waals surface area contributed by atoms with Gasteiger partial charge in [-0.1, -0.05) is 18.2 Å². The van der Waals surface area contributed by atoms with Gasteiger partial charge in [0.1, 0.15) is 11.8 Å². The van der Waals surface area contributed by atoms with Gasteiger partial charge in [-0.15, -0.1) is 0 Å². The molecule has 1 fully saturated rings. The van der Waals surface area contributed by atoms with Gasteiger partial charge in [0.15, 0.2) is 6.61 Å². The number of benzene rings is 2. The number of ether oxygens (including phenoxy) is 2. The van der Waals surface area contributed by atoms with Crippen molar-refractivity contribution < 1.29 is 36.3 Å². The monoisotopic (exact) mass is 468 g/mol. The molecule has 0 bridgehead atoms. The van der Waals surface area contributed by atoms with E-state index in [1.807, 2.05) is 0 Å². The maximum atomic E-state index is 13.0. The van der Waals surface area contributed by atoms with Crippen molar-refractivity contribution in [1.82, 2.24) is 4.31 Å². The lowest BCUT2D eigenvalue weighted by Crippen LogP contribution is -2.48. The van der Waals surface area contributed by atoms with Crippen molar-refractivity contribution in [1.29, 1.82) is 0 Å². The molecule has 0 spiro atoms. The Labute approximate surface area is 184 Å². The molecule has 0 aromatic heterocycles. The standard InChI is InChI=1S/C21H22F2N2O6S/c22-21(23)31-16-11-9-15(10-12-16)24-19(26)14-30-20(27)18-8-4-5-13-25(18)32(28,29)17-6-2-1-3-7-17/h1-3,6-7,9-12,18,21H,4-5,8,13-14H2,(H,24,26)/t18-/m0/s1. The number of carbonyl (C=O) groups is 2. The fourth-order valence-corrected chi connectivity index (χ4v) is 4.97. The van der Waals surface area contributed by atoms with Gasteiger partial charge in [-0.05, 0) is 55.7 Å². The highest BCUT2D eigenvalue weighted by atomic mass is 32.2. The number of hydrogen-bond acceptors (Lipinski definition) is 6. The van der Waals surface area contributed by atoms with Crippen molar-refractivity contribution >= 4 is 27.6 Å². The Bertz CT molecular complexity index is 1030. The highest BCUT2D eigenvalue weighted by Crippen LogP contribution is 2.26. The molecule has 1 N–H and O–H groups in total. The molecule has 2 aromatic carbocycles. The Kier molecular flexibility index (Phi) is 7.75. The summed E-state index contributed by atoms with van der Waals surface area (Å²) in [7, 11) is -3.89. The van der Waals surface area contributed by atoms with Crippen LogP contribution in [0, 0.1) is 0 Å². The summed E-state index contributed by atoms with van der Waals surface area (Å²) in [6, 6.07) is 12.0. The molecular formula is C21H22F2N2O6S. The second-order valence-corrected chi connectivity index (χ2v) is 8.89. The first kappa shape index (κ1) is 23.6. The van der Waals surface area contributed by atoms with Crippen LogP contribution in [-0.2, 0) is 24.3 Å². The minimum atomic E-state index is -3.89. The number of sulfonamides is 1. The quantitative estimate of drug-likeness (QED) is 0.598. The molecule has 172 valence electrons. The van der Waals surface area contributed by atoms with E-state index in [0.717, 1.165) is 4.31 Å². The smallest absolute Gasteiger partial charge is 0.387 e. The van der Waals surface area contributed by atoms with Crippen LogP contribution in [0.5, 0.6) is 5.75 Å². The molecule has 1 aliphatic rings. The van der Waals surface area contributed by atoms with Crippen LogP contribution in [0.3, 0.4) is 0 Å². The molecule has 1 heterocycles. The van der Waals surface area contributed by atoms with E-state index in [-0.39, 0.29) is 23.6 Å². The van der Waals surface area contributed by atoms with Gasteiger partial charge in [0, 0.05) is 12.2 Å². The first-order valence-electron chi connectivity index (χ1n) is 9.85. The number of amides is 1. The fraction of sp³-hybridized carbons (Fsp3) is 0.333. The third-order valence-corrected chi connectivity index (χ3v) is 6.71. The highest BCUT2D eigenvalue weighted by molar-refractivity contribution is 7.89. The molecule has 2 aromatic rings. The van der Waals surface area contributed by atoms with E-state index in [2.05, 4.69) is 10.1 Å². The van der Waals surface area contributed by atoms with E-state index in [1.54, 1.807) is 18.2 Å². The lowest BCUT2D eigenvalue weighted by molar-refractivity contribution is -0.152. The Morgan fingerprint density at radius 1 is 1.06 bits per heavy atom. The number of nitrogens with zero attached hydrogens (tertiary/aromatic N) is 1. The average Bonchev–Trinajstić information content (AvgIpc) is 2.79. The number of nitrogens with one attached hydrogen (secondary N) is 1. The predicted molar refractivity (Wildman–Crippen MR) is 111 cm³/mol. The Morgan fingerprint density at radius 2 is 1.75 bits per heavy atom. The van der Waals surface area contributed by atoms with Gasteiger partial charge in [0.2, 0.25) is 10.0 Å². The first-order chi connectivity index (χ1) is 15.3. The molecule has 0 unspecified atom stereocenters. The van der Waals surface area contributed by atoms with Crippen LogP contribution in [0.15, 0.2) is 59.5 Å².